The summed E-state index contributed by atoms with van der Waals surface area (Å²) >= 11 is 4.75. The van der Waals surface area contributed by atoms with Crippen molar-refractivity contribution >= 4 is 29.1 Å². The Balaban J connectivity index is 2.90. The maximum absolute atomic E-state index is 11.9. The fraction of sp³-hybridized carbons (Fsp3) is 0.727. The Labute approximate surface area is 106 Å². The Morgan fingerprint density at radius 2 is 1.76 bits per heavy atom. The van der Waals surface area contributed by atoms with Crippen LogP contribution < -0.4 is 10.6 Å². The molecule has 17 heavy (non-hydrogen) atoms. The van der Waals surface area contributed by atoms with Crippen LogP contribution in [-0.4, -0.2) is 27.6 Å². The van der Waals surface area contributed by atoms with Crippen LogP contribution >= 0.6 is 12.2 Å². The van der Waals surface area contributed by atoms with Crippen LogP contribution in [0.5, 0.6) is 0 Å². The molecule has 1 aliphatic rings. The zero-order valence-corrected chi connectivity index (χ0v) is 11.1. The lowest BCUT2D eigenvalue weighted by atomic mass is 9.76. The molecule has 6 heteroatoms. The van der Waals surface area contributed by atoms with Gasteiger partial charge in [-0.05, 0) is 45.3 Å². The number of hydrogen-bond acceptors (Lipinski definition) is 4. The number of hydrogen-bond donors (Lipinski definition) is 3. The van der Waals surface area contributed by atoms with Gasteiger partial charge in [-0.1, -0.05) is 6.92 Å². The average Bonchev–Trinajstić information content (AvgIpc) is 2.15. The van der Waals surface area contributed by atoms with Crippen molar-refractivity contribution in [1.29, 1.82) is 0 Å². The van der Waals surface area contributed by atoms with Crippen molar-refractivity contribution in [3.63, 3.8) is 0 Å². The van der Waals surface area contributed by atoms with Crippen molar-refractivity contribution in [2.24, 2.45) is 5.41 Å². The minimum Gasteiger partial charge on any atom is -0.390 e. The first kappa shape index (κ1) is 14.1. The molecular weight excluding hydrogens is 240 g/mol. The van der Waals surface area contributed by atoms with Gasteiger partial charge >= 0.3 is 0 Å². The average molecular weight is 258 g/mol. The molecule has 0 atom stereocenters. The molecule has 1 fully saturated rings. The molecule has 0 spiro atoms. The van der Waals surface area contributed by atoms with Crippen LogP contribution in [-0.2, 0) is 9.59 Å². The van der Waals surface area contributed by atoms with Crippen LogP contribution in [0, 0.1) is 5.41 Å². The fourth-order valence-corrected chi connectivity index (χ4v) is 2.01. The Kier molecular flexibility index (Phi) is 3.88. The quantitative estimate of drug-likeness (QED) is 0.506. The molecule has 96 valence electrons. The summed E-state index contributed by atoms with van der Waals surface area (Å²) in [6.07, 6.45) is 1.05. The fourth-order valence-electron chi connectivity index (χ4n) is 1.82. The van der Waals surface area contributed by atoms with E-state index in [1.54, 1.807) is 20.8 Å². The maximum Gasteiger partial charge on any atom is 0.241 e. The third-order valence-electron chi connectivity index (χ3n) is 3.09. The lowest BCUT2D eigenvalue weighted by Gasteiger charge is -2.35. The van der Waals surface area contributed by atoms with Crippen LogP contribution in [0.2, 0.25) is 0 Å². The van der Waals surface area contributed by atoms with E-state index in [1.807, 2.05) is 0 Å². The number of nitrogens with one attached hydrogen (secondary N) is 2. The second kappa shape index (κ2) is 4.70. The van der Waals surface area contributed by atoms with Gasteiger partial charge in [0, 0.05) is 0 Å². The molecule has 1 aliphatic heterocycles. The first-order valence-electron chi connectivity index (χ1n) is 5.60. The van der Waals surface area contributed by atoms with Crippen LogP contribution in [0.1, 0.15) is 40.0 Å². The van der Waals surface area contributed by atoms with E-state index in [9.17, 15) is 14.7 Å². The smallest absolute Gasteiger partial charge is 0.241 e. The van der Waals surface area contributed by atoms with E-state index in [1.165, 1.54) is 0 Å². The monoisotopic (exact) mass is 258 g/mol. The number of carbonyl (C=O) groups is 2. The van der Waals surface area contributed by atoms with Crippen molar-refractivity contribution in [3.05, 3.63) is 0 Å². The summed E-state index contributed by atoms with van der Waals surface area (Å²) in [5, 5.41) is 14.7. The van der Waals surface area contributed by atoms with Gasteiger partial charge in [0.2, 0.25) is 11.8 Å². The molecule has 0 aromatic carbocycles. The summed E-state index contributed by atoms with van der Waals surface area (Å²) in [5.41, 5.74) is -2.02. The van der Waals surface area contributed by atoms with Gasteiger partial charge in [-0.2, -0.15) is 0 Å². The Bertz CT molecular complexity index is 340. The maximum atomic E-state index is 11.9. The topological polar surface area (TPSA) is 78.4 Å². The summed E-state index contributed by atoms with van der Waals surface area (Å²) in [7, 11) is 0. The predicted octanol–water partition coefficient (Wildman–Crippen LogP) is 0.465. The molecule has 1 heterocycles. The van der Waals surface area contributed by atoms with Gasteiger partial charge in [-0.3, -0.25) is 9.59 Å². The van der Waals surface area contributed by atoms with E-state index < -0.39 is 11.0 Å². The first-order chi connectivity index (χ1) is 7.71. The molecule has 1 saturated heterocycles. The Morgan fingerprint density at radius 3 is 2.12 bits per heavy atom. The number of amides is 2. The summed E-state index contributed by atoms with van der Waals surface area (Å²) in [5.74, 6) is -0.754. The first-order valence-corrected chi connectivity index (χ1v) is 6.01. The highest BCUT2D eigenvalue weighted by atomic mass is 32.1. The van der Waals surface area contributed by atoms with Gasteiger partial charge in [0.25, 0.3) is 0 Å². The molecule has 5 nitrogen and oxygen atoms in total. The van der Waals surface area contributed by atoms with Crippen molar-refractivity contribution in [1.82, 2.24) is 10.6 Å². The molecule has 1 rings (SSSR count). The SMILES string of the molecule is CCC1(CCC(C)(C)O)C(=O)NC(=S)NC1=O. The lowest BCUT2D eigenvalue weighted by molar-refractivity contribution is -0.145. The molecular formula is C11H18N2O3S. The second-order valence-electron chi connectivity index (χ2n) is 4.99. The van der Waals surface area contributed by atoms with Crippen LogP contribution in [0.3, 0.4) is 0 Å². The van der Waals surface area contributed by atoms with Gasteiger partial charge < -0.3 is 15.7 Å². The lowest BCUT2D eigenvalue weighted by Crippen LogP contribution is -2.62. The zero-order chi connectivity index (χ0) is 13.3. The molecule has 0 aromatic heterocycles. The molecule has 0 unspecified atom stereocenters. The Morgan fingerprint density at radius 1 is 1.29 bits per heavy atom. The molecule has 3 N–H and O–H groups in total. The number of aliphatic hydroxyl groups is 1. The summed E-state index contributed by atoms with van der Waals surface area (Å²) in [4.78, 5) is 23.9. The summed E-state index contributed by atoms with van der Waals surface area (Å²) in [6.45, 7) is 5.08. The van der Waals surface area contributed by atoms with E-state index in [2.05, 4.69) is 10.6 Å². The zero-order valence-electron chi connectivity index (χ0n) is 10.3. The minimum atomic E-state index is -1.12. The Hall–Kier alpha value is -1.01. The van der Waals surface area contributed by atoms with Gasteiger partial charge in [-0.15, -0.1) is 0 Å². The predicted molar refractivity (Wildman–Crippen MR) is 67.1 cm³/mol. The third-order valence-corrected chi connectivity index (χ3v) is 3.29. The van der Waals surface area contributed by atoms with Crippen molar-refractivity contribution < 1.29 is 14.7 Å². The highest BCUT2D eigenvalue weighted by Gasteiger charge is 2.48. The number of thiocarbonyl (C=S) groups is 1. The molecule has 0 aromatic rings. The van der Waals surface area contributed by atoms with Gasteiger partial charge in [0.15, 0.2) is 5.11 Å². The van der Waals surface area contributed by atoms with E-state index in [-0.39, 0.29) is 16.9 Å². The van der Waals surface area contributed by atoms with Gasteiger partial charge in [0.1, 0.15) is 5.41 Å². The molecule has 0 bridgehead atoms. The molecule has 0 aliphatic carbocycles. The third kappa shape index (κ3) is 3.01. The van der Waals surface area contributed by atoms with Crippen molar-refractivity contribution in [2.75, 3.05) is 0 Å². The highest BCUT2D eigenvalue weighted by Crippen LogP contribution is 2.33. The van der Waals surface area contributed by atoms with Gasteiger partial charge in [0.05, 0.1) is 5.60 Å². The van der Waals surface area contributed by atoms with E-state index in [0.29, 0.717) is 19.3 Å². The molecule has 0 saturated carbocycles. The largest absolute Gasteiger partial charge is 0.390 e. The second-order valence-corrected chi connectivity index (χ2v) is 5.39. The number of carbonyl (C=O) groups excluding carboxylic acids is 2. The standard InChI is InChI=1S/C11H18N2O3S/c1-4-11(6-5-10(2,3)16)7(14)12-9(17)13-8(11)15/h16H,4-6H2,1-3H3,(H2,12,13,14,15,17). The highest BCUT2D eigenvalue weighted by molar-refractivity contribution is 7.80. The van der Waals surface area contributed by atoms with E-state index in [4.69, 9.17) is 12.2 Å². The minimum absolute atomic E-state index is 0.0485. The van der Waals surface area contributed by atoms with Crippen molar-refractivity contribution in [3.8, 4) is 0 Å². The van der Waals surface area contributed by atoms with E-state index >= 15 is 0 Å². The molecule has 2 amide bonds. The van der Waals surface area contributed by atoms with Crippen LogP contribution in [0.15, 0.2) is 0 Å². The van der Waals surface area contributed by atoms with Gasteiger partial charge in [-0.25, -0.2) is 0 Å². The van der Waals surface area contributed by atoms with Crippen LogP contribution in [0.4, 0.5) is 0 Å². The summed E-state index contributed by atoms with van der Waals surface area (Å²) in [6, 6.07) is 0. The summed E-state index contributed by atoms with van der Waals surface area (Å²) < 4.78 is 0. The van der Waals surface area contributed by atoms with Crippen LogP contribution in [0.25, 0.3) is 0 Å². The molecule has 0 radical (unpaired) electrons. The number of rotatable bonds is 4. The van der Waals surface area contributed by atoms with E-state index in [0.717, 1.165) is 0 Å². The normalized spacial score (nSPS) is 19.9. The van der Waals surface area contributed by atoms with Crippen molar-refractivity contribution in [2.45, 2.75) is 45.6 Å².